The minimum Gasteiger partial charge on any atom is -0.336 e. The molecular weight excluding hydrogens is 278 g/mol. The van der Waals surface area contributed by atoms with Gasteiger partial charge in [-0.25, -0.2) is 0 Å². The number of hydrogen-bond donors (Lipinski definition) is 1. The average molecular weight is 302 g/mol. The molecule has 3 fully saturated rings. The lowest BCUT2D eigenvalue weighted by atomic mass is 9.89. The summed E-state index contributed by atoms with van der Waals surface area (Å²) in [6.45, 7) is 4.56. The highest BCUT2D eigenvalue weighted by atomic mass is 35.5. The van der Waals surface area contributed by atoms with E-state index in [0.717, 1.165) is 38.6 Å². The number of nitrogens with one attached hydrogen (secondary N) is 1. The molecule has 2 saturated heterocycles. The van der Waals surface area contributed by atoms with Crippen molar-refractivity contribution < 1.29 is 9.59 Å². The van der Waals surface area contributed by atoms with Crippen LogP contribution in [0.2, 0.25) is 0 Å². The molecule has 6 heteroatoms. The molecule has 3 aliphatic rings. The van der Waals surface area contributed by atoms with E-state index in [4.69, 9.17) is 0 Å². The second kappa shape index (κ2) is 5.90. The van der Waals surface area contributed by atoms with Crippen molar-refractivity contribution in [1.82, 2.24) is 15.1 Å². The fraction of sp³-hybridized carbons (Fsp3) is 0.857. The highest BCUT2D eigenvalue weighted by Crippen LogP contribution is 2.29. The van der Waals surface area contributed by atoms with Gasteiger partial charge in [-0.3, -0.25) is 9.59 Å². The maximum Gasteiger partial charge on any atom is 0.243 e. The van der Waals surface area contributed by atoms with Crippen LogP contribution in [0.5, 0.6) is 0 Å². The zero-order valence-electron chi connectivity index (χ0n) is 12.1. The number of rotatable bonds is 2. The van der Waals surface area contributed by atoms with E-state index >= 15 is 0 Å². The first-order valence-corrected chi connectivity index (χ1v) is 7.44. The quantitative estimate of drug-likeness (QED) is 0.820. The first kappa shape index (κ1) is 15.6. The van der Waals surface area contributed by atoms with Crippen LogP contribution in [0.3, 0.4) is 0 Å². The van der Waals surface area contributed by atoms with Gasteiger partial charge in [-0.2, -0.15) is 0 Å². The average Bonchev–Trinajstić information content (AvgIpc) is 3.23. The molecule has 20 heavy (non-hydrogen) atoms. The molecule has 2 heterocycles. The molecule has 0 aromatic carbocycles. The van der Waals surface area contributed by atoms with Crippen molar-refractivity contribution in [2.24, 2.45) is 0 Å². The van der Waals surface area contributed by atoms with E-state index in [1.165, 1.54) is 0 Å². The molecule has 114 valence electrons. The number of carbonyl (C=O) groups is 2. The van der Waals surface area contributed by atoms with E-state index in [9.17, 15) is 9.59 Å². The zero-order valence-corrected chi connectivity index (χ0v) is 12.9. The lowest BCUT2D eigenvalue weighted by molar-refractivity contribution is -0.149. The molecule has 1 unspecified atom stereocenters. The summed E-state index contributed by atoms with van der Waals surface area (Å²) in [6, 6.07) is 0.466. The van der Waals surface area contributed by atoms with E-state index in [1.54, 1.807) is 4.90 Å². The third-order valence-corrected chi connectivity index (χ3v) is 4.62. The lowest BCUT2D eigenvalue weighted by Gasteiger charge is -2.41. The maximum absolute atomic E-state index is 12.6. The summed E-state index contributed by atoms with van der Waals surface area (Å²) in [6.07, 6.45) is 5.38. The van der Waals surface area contributed by atoms with Gasteiger partial charge in [-0.15, -0.1) is 12.4 Å². The summed E-state index contributed by atoms with van der Waals surface area (Å²) in [5.74, 6) is 0.234. The highest BCUT2D eigenvalue weighted by Gasteiger charge is 2.42. The predicted octanol–water partition coefficient (Wildman–Crippen LogP) is 0.774. The van der Waals surface area contributed by atoms with Crippen LogP contribution in [0.25, 0.3) is 0 Å². The van der Waals surface area contributed by atoms with Crippen molar-refractivity contribution in [3.8, 4) is 0 Å². The van der Waals surface area contributed by atoms with Crippen LogP contribution in [0.1, 0.15) is 39.0 Å². The number of carbonyl (C=O) groups excluding carboxylic acids is 2. The highest BCUT2D eigenvalue weighted by molar-refractivity contribution is 5.91. The molecule has 0 aromatic heterocycles. The van der Waals surface area contributed by atoms with Crippen molar-refractivity contribution in [1.29, 1.82) is 0 Å². The first-order valence-electron chi connectivity index (χ1n) is 7.44. The molecule has 1 atom stereocenters. The number of halogens is 1. The van der Waals surface area contributed by atoms with Crippen molar-refractivity contribution in [2.45, 2.75) is 50.6 Å². The van der Waals surface area contributed by atoms with Gasteiger partial charge in [-0.1, -0.05) is 0 Å². The number of piperidine rings is 1. The Hall–Kier alpha value is -0.810. The Kier molecular flexibility index (Phi) is 4.59. The summed E-state index contributed by atoms with van der Waals surface area (Å²) >= 11 is 0. The molecule has 2 aliphatic heterocycles. The molecule has 1 N–H and O–H groups in total. The van der Waals surface area contributed by atoms with Gasteiger partial charge in [-0.05, 0) is 45.6 Å². The second-order valence-electron chi connectivity index (χ2n) is 6.26. The first-order chi connectivity index (χ1) is 9.10. The number of hydrogen-bond acceptors (Lipinski definition) is 3. The van der Waals surface area contributed by atoms with Crippen molar-refractivity contribution in [2.75, 3.05) is 26.2 Å². The van der Waals surface area contributed by atoms with Crippen LogP contribution in [-0.4, -0.2) is 59.4 Å². The van der Waals surface area contributed by atoms with Crippen molar-refractivity contribution >= 4 is 24.2 Å². The van der Waals surface area contributed by atoms with E-state index in [0.29, 0.717) is 19.1 Å². The predicted molar refractivity (Wildman–Crippen MR) is 78.8 cm³/mol. The second-order valence-corrected chi connectivity index (χ2v) is 6.26. The Balaban J connectivity index is 0.00000147. The van der Waals surface area contributed by atoms with E-state index in [1.807, 2.05) is 11.8 Å². The minimum absolute atomic E-state index is 0. The molecule has 1 aliphatic carbocycles. The van der Waals surface area contributed by atoms with Crippen LogP contribution in [-0.2, 0) is 9.59 Å². The Labute approximate surface area is 126 Å². The van der Waals surface area contributed by atoms with Crippen LogP contribution in [0.15, 0.2) is 0 Å². The summed E-state index contributed by atoms with van der Waals surface area (Å²) in [4.78, 5) is 28.4. The molecule has 0 aromatic rings. The van der Waals surface area contributed by atoms with E-state index in [2.05, 4.69) is 5.32 Å². The summed E-state index contributed by atoms with van der Waals surface area (Å²) in [5, 5.41) is 3.34. The summed E-state index contributed by atoms with van der Waals surface area (Å²) in [7, 11) is 0. The number of nitrogens with zero attached hydrogens (tertiary/aromatic N) is 2. The third kappa shape index (κ3) is 2.93. The normalized spacial score (nSPS) is 30.9. The number of amides is 2. The molecule has 5 nitrogen and oxygen atoms in total. The largest absolute Gasteiger partial charge is 0.336 e. The maximum atomic E-state index is 12.6. The fourth-order valence-corrected chi connectivity index (χ4v) is 3.22. The Morgan fingerprint density at radius 2 is 2.05 bits per heavy atom. The van der Waals surface area contributed by atoms with E-state index in [-0.39, 0.29) is 30.8 Å². The van der Waals surface area contributed by atoms with Gasteiger partial charge in [0, 0.05) is 19.1 Å². The van der Waals surface area contributed by atoms with Gasteiger partial charge in [0.2, 0.25) is 11.8 Å². The van der Waals surface area contributed by atoms with Gasteiger partial charge >= 0.3 is 0 Å². The van der Waals surface area contributed by atoms with Crippen molar-refractivity contribution in [3.63, 3.8) is 0 Å². The molecule has 3 rings (SSSR count). The zero-order chi connectivity index (χ0) is 13.5. The van der Waals surface area contributed by atoms with Gasteiger partial charge in [0.05, 0.1) is 12.1 Å². The van der Waals surface area contributed by atoms with Gasteiger partial charge in [0.15, 0.2) is 0 Å². The Morgan fingerprint density at radius 1 is 1.30 bits per heavy atom. The summed E-state index contributed by atoms with van der Waals surface area (Å²) < 4.78 is 0. The third-order valence-electron chi connectivity index (χ3n) is 4.62. The standard InChI is InChI=1S/C14H23N3O2.ClH/c1-14(6-2-3-7-15-14)13(19)16-8-9-17(11-4-5-11)12(18)10-16;/h11,15H,2-10H2,1H3;1H. The Morgan fingerprint density at radius 3 is 2.60 bits per heavy atom. The number of piperazine rings is 1. The Bertz CT molecular complexity index is 392. The van der Waals surface area contributed by atoms with Crippen LogP contribution in [0.4, 0.5) is 0 Å². The molecule has 0 bridgehead atoms. The molecule has 1 saturated carbocycles. The van der Waals surface area contributed by atoms with Crippen LogP contribution >= 0.6 is 12.4 Å². The van der Waals surface area contributed by atoms with Crippen molar-refractivity contribution in [3.05, 3.63) is 0 Å². The smallest absolute Gasteiger partial charge is 0.243 e. The van der Waals surface area contributed by atoms with Crippen LogP contribution < -0.4 is 5.32 Å². The monoisotopic (exact) mass is 301 g/mol. The van der Waals surface area contributed by atoms with Gasteiger partial charge < -0.3 is 15.1 Å². The van der Waals surface area contributed by atoms with Gasteiger partial charge in [0.25, 0.3) is 0 Å². The lowest BCUT2D eigenvalue weighted by Crippen LogP contribution is -2.62. The summed E-state index contributed by atoms with van der Waals surface area (Å²) in [5.41, 5.74) is -0.458. The molecular formula is C14H24ClN3O2. The van der Waals surface area contributed by atoms with Gasteiger partial charge in [0.1, 0.15) is 0 Å². The van der Waals surface area contributed by atoms with E-state index < -0.39 is 5.54 Å². The molecule has 0 spiro atoms. The molecule has 2 amide bonds. The fourth-order valence-electron chi connectivity index (χ4n) is 3.22. The SMILES string of the molecule is CC1(C(=O)N2CCN(C3CC3)C(=O)C2)CCCCN1.Cl. The minimum atomic E-state index is -0.458. The van der Waals surface area contributed by atoms with Crippen LogP contribution in [0, 0.1) is 0 Å². The topological polar surface area (TPSA) is 52.7 Å². The molecule has 0 radical (unpaired) electrons.